The molecule has 6 aromatic rings. The number of carbonyl (C=O) groups excluding carboxylic acids is 3. The van der Waals surface area contributed by atoms with Crippen LogP contribution in [-0.4, -0.2) is 65.1 Å². The number of fused-ring (bicyclic) bond motifs is 3. The lowest BCUT2D eigenvalue weighted by molar-refractivity contribution is -0.135. The van der Waals surface area contributed by atoms with Gasteiger partial charge in [-0.3, -0.25) is 38.4 Å². The predicted octanol–water partition coefficient (Wildman–Crippen LogP) is 6.26. The average molecular weight is 754 g/mol. The van der Waals surface area contributed by atoms with Gasteiger partial charge in [0.2, 0.25) is 11.8 Å². The number of amides is 3. The molecule has 56 heavy (non-hydrogen) atoms. The quantitative estimate of drug-likeness (QED) is 0.0803. The van der Waals surface area contributed by atoms with E-state index in [2.05, 4.69) is 50.5 Å². The molecule has 0 aliphatic carbocycles. The number of rotatable bonds is 11. The smallest absolute Gasteiger partial charge is 0.329 e. The Labute approximate surface area is 324 Å². The van der Waals surface area contributed by atoms with E-state index < -0.39 is 11.9 Å². The Morgan fingerprint density at radius 2 is 1.77 bits per heavy atom. The third kappa shape index (κ3) is 7.36. The molecule has 13 heteroatoms. The number of nitrogens with zero attached hydrogens (tertiary/aromatic N) is 6. The van der Waals surface area contributed by atoms with Crippen LogP contribution in [0.1, 0.15) is 104 Å². The molecule has 2 atom stereocenters. The van der Waals surface area contributed by atoms with Crippen LogP contribution in [0.2, 0.25) is 0 Å². The summed E-state index contributed by atoms with van der Waals surface area (Å²) >= 11 is 0. The van der Waals surface area contributed by atoms with Crippen LogP contribution >= 0.6 is 0 Å². The number of likely N-dealkylation sites (tertiary alicyclic amines) is 1. The number of unbranched alkanes of at least 4 members (excludes halogenated alkanes) is 5. The summed E-state index contributed by atoms with van der Waals surface area (Å²) in [5.41, 5.74) is 6.50. The van der Waals surface area contributed by atoms with Crippen molar-refractivity contribution in [2.45, 2.75) is 89.8 Å². The molecule has 2 aliphatic heterocycles. The average Bonchev–Trinajstić information content (AvgIpc) is 3.95. The van der Waals surface area contributed by atoms with Crippen LogP contribution in [0.4, 0.5) is 5.82 Å². The first-order valence-electron chi connectivity index (χ1n) is 19.7. The molecule has 6 heterocycles. The molecule has 1 unspecified atom stereocenters. The number of aromatic amines is 1. The number of aromatic nitrogens is 6. The van der Waals surface area contributed by atoms with Crippen LogP contribution in [0, 0.1) is 18.8 Å². The van der Waals surface area contributed by atoms with Gasteiger partial charge in [-0.25, -0.2) is 9.78 Å². The zero-order chi connectivity index (χ0) is 38.9. The molecule has 3 amide bonds. The molecule has 13 nitrogen and oxygen atoms in total. The summed E-state index contributed by atoms with van der Waals surface area (Å²) in [6.07, 6.45) is 10.6. The lowest BCUT2D eigenvalue weighted by atomic mass is 10.1. The lowest BCUT2D eigenvalue weighted by Crippen LogP contribution is -2.44. The predicted molar refractivity (Wildman–Crippen MR) is 216 cm³/mol. The van der Waals surface area contributed by atoms with E-state index >= 15 is 0 Å². The van der Waals surface area contributed by atoms with E-state index in [-0.39, 0.29) is 23.9 Å². The summed E-state index contributed by atoms with van der Waals surface area (Å²) in [7, 11) is 3.84. The fraction of sp³-hybridized carbons (Fsp3) is 0.395. The van der Waals surface area contributed by atoms with Gasteiger partial charge in [-0.15, -0.1) is 0 Å². The molecule has 2 aromatic carbocycles. The lowest BCUT2D eigenvalue weighted by Gasteiger charge is -2.21. The van der Waals surface area contributed by atoms with Crippen molar-refractivity contribution in [3.05, 3.63) is 87.7 Å². The maximum atomic E-state index is 13.4. The fourth-order valence-corrected chi connectivity index (χ4v) is 8.28. The highest BCUT2D eigenvalue weighted by Crippen LogP contribution is 2.32. The van der Waals surface area contributed by atoms with Gasteiger partial charge in [0.25, 0.3) is 5.91 Å². The van der Waals surface area contributed by atoms with Crippen molar-refractivity contribution in [1.29, 1.82) is 0 Å². The van der Waals surface area contributed by atoms with Crippen molar-refractivity contribution < 1.29 is 14.4 Å². The summed E-state index contributed by atoms with van der Waals surface area (Å²) in [6, 6.07) is 15.1. The van der Waals surface area contributed by atoms with Gasteiger partial charge in [-0.1, -0.05) is 37.2 Å². The highest BCUT2D eigenvalue weighted by atomic mass is 16.2. The monoisotopic (exact) mass is 753 g/mol. The van der Waals surface area contributed by atoms with Crippen molar-refractivity contribution in [1.82, 2.24) is 39.1 Å². The number of benzene rings is 2. The van der Waals surface area contributed by atoms with E-state index in [4.69, 9.17) is 5.10 Å². The normalized spacial score (nSPS) is 17.5. The van der Waals surface area contributed by atoms with Crippen molar-refractivity contribution in [2.75, 3.05) is 18.9 Å². The summed E-state index contributed by atoms with van der Waals surface area (Å²) in [6.45, 7) is 3.88. The Kier molecular flexibility index (Phi) is 10.3. The number of imidazole rings is 1. The highest BCUT2D eigenvalue weighted by Gasteiger charge is 2.31. The van der Waals surface area contributed by atoms with Crippen LogP contribution in [-0.2, 0) is 23.2 Å². The number of carbonyl (C=O) groups is 3. The largest absolute Gasteiger partial charge is 0.357 e. The first kappa shape index (κ1) is 36.9. The number of hydrogen-bond acceptors (Lipinski definition) is 7. The van der Waals surface area contributed by atoms with Crippen molar-refractivity contribution in [2.24, 2.45) is 7.05 Å². The Bertz CT molecular complexity index is 2620. The van der Waals surface area contributed by atoms with Crippen LogP contribution in [0.25, 0.3) is 32.8 Å². The molecule has 2 fully saturated rings. The maximum Gasteiger partial charge on any atom is 0.329 e. The van der Waals surface area contributed by atoms with E-state index in [1.165, 1.54) is 21.2 Å². The van der Waals surface area contributed by atoms with Crippen LogP contribution in [0.3, 0.4) is 0 Å². The Morgan fingerprint density at radius 1 is 0.929 bits per heavy atom. The second-order valence-electron chi connectivity index (χ2n) is 15.2. The third-order valence-corrected chi connectivity index (χ3v) is 11.4. The van der Waals surface area contributed by atoms with E-state index in [1.54, 1.807) is 7.05 Å². The van der Waals surface area contributed by atoms with Gasteiger partial charge in [-0.05, 0) is 89.0 Å². The minimum absolute atomic E-state index is 0.204. The molecule has 8 rings (SSSR count). The molecule has 2 aliphatic rings. The molecule has 288 valence electrons. The van der Waals surface area contributed by atoms with Gasteiger partial charge < -0.3 is 10.3 Å². The van der Waals surface area contributed by atoms with Crippen molar-refractivity contribution in [3.8, 4) is 11.8 Å². The molecular formula is C43H47N9O4. The molecule has 0 radical (unpaired) electrons. The van der Waals surface area contributed by atoms with E-state index in [0.717, 1.165) is 91.1 Å². The van der Waals surface area contributed by atoms with Crippen molar-refractivity contribution in [3.63, 3.8) is 0 Å². The summed E-state index contributed by atoms with van der Waals surface area (Å²) < 4.78 is 5.03. The van der Waals surface area contributed by atoms with E-state index in [0.29, 0.717) is 34.9 Å². The van der Waals surface area contributed by atoms with Crippen LogP contribution in [0.15, 0.2) is 59.5 Å². The van der Waals surface area contributed by atoms with Gasteiger partial charge in [0.05, 0.1) is 27.8 Å². The topological polar surface area (TPSA) is 152 Å². The molecule has 3 N–H and O–H groups in total. The van der Waals surface area contributed by atoms with Crippen LogP contribution < -0.4 is 16.3 Å². The number of H-pyrrole nitrogens is 1. The molecule has 0 bridgehead atoms. The molecule has 0 saturated carbocycles. The van der Waals surface area contributed by atoms with Gasteiger partial charge in [0.15, 0.2) is 0 Å². The van der Waals surface area contributed by atoms with Gasteiger partial charge >= 0.3 is 5.69 Å². The number of hydrogen-bond donors (Lipinski definition) is 3. The maximum absolute atomic E-state index is 13.4. The van der Waals surface area contributed by atoms with Gasteiger partial charge in [0.1, 0.15) is 11.9 Å². The number of imide groups is 1. The van der Waals surface area contributed by atoms with Gasteiger partial charge in [-0.2, -0.15) is 5.10 Å². The van der Waals surface area contributed by atoms with E-state index in [1.807, 2.05) is 60.3 Å². The summed E-state index contributed by atoms with van der Waals surface area (Å²) in [5, 5.41) is 12.2. The van der Waals surface area contributed by atoms with Crippen LogP contribution in [0.5, 0.6) is 0 Å². The number of aryl methyl sites for hydroxylation is 3. The molecular weight excluding hydrogens is 707 g/mol. The summed E-state index contributed by atoms with van der Waals surface area (Å²) in [4.78, 5) is 60.9. The minimum atomic E-state index is -0.705. The Hall–Kier alpha value is -6.00. The number of pyridine rings is 1. The highest BCUT2D eigenvalue weighted by molar-refractivity contribution is 6.06. The number of piperidine rings is 1. The standard InChI is InChI=1S/C43H47N9O4/c1-27-31-16-15-29(41(54)46-39-25-32-30(26-44-39)23-33(45-32)34-13-11-20-49(34)2)24-37(31)51(48-27)21-10-8-6-4-5-7-9-12-28-14-17-35-38(22-28)50(3)43(56)52(35)36-18-19-40(53)47-42(36)55/h14-17,22-26,34,36,45H,4-8,10-11,13,18-21H2,1-3H3,(H,44,46,54)(H,47,53,55)/t34-,36?/m1/s1. The Balaban J connectivity index is 0.816. The molecule has 4 aromatic heterocycles. The number of anilines is 1. The zero-order valence-electron chi connectivity index (χ0n) is 32.2. The van der Waals surface area contributed by atoms with Crippen molar-refractivity contribution >= 4 is 56.4 Å². The second kappa shape index (κ2) is 15.6. The second-order valence-corrected chi connectivity index (χ2v) is 15.2. The third-order valence-electron chi connectivity index (χ3n) is 11.4. The minimum Gasteiger partial charge on any atom is -0.357 e. The van der Waals surface area contributed by atoms with Gasteiger partial charge in [0, 0.05) is 72.3 Å². The summed E-state index contributed by atoms with van der Waals surface area (Å²) in [5.74, 6) is 6.06. The fourth-order valence-electron chi connectivity index (χ4n) is 8.28. The Morgan fingerprint density at radius 3 is 2.59 bits per heavy atom. The zero-order valence-corrected chi connectivity index (χ0v) is 32.2. The molecule has 2 saturated heterocycles. The number of nitrogens with one attached hydrogen (secondary N) is 3. The van der Waals surface area contributed by atoms with E-state index in [9.17, 15) is 19.2 Å². The molecule has 0 spiro atoms. The first-order chi connectivity index (χ1) is 27.1. The SMILES string of the molecule is Cc1nn(CCCCCCCC#Cc2ccc3c(c2)n(C)c(=O)n3C2CCC(=O)NC2=O)c2cc(C(=O)Nc3cc4[nH]c([C@H]5CCCN5C)cc4cn3)ccc12. The first-order valence-corrected chi connectivity index (χ1v) is 19.7.